The number of esters is 2. The third kappa shape index (κ3) is 4.92. The highest BCUT2D eigenvalue weighted by Gasteiger charge is 2.06. The lowest BCUT2D eigenvalue weighted by molar-refractivity contribution is -0.128. The average molecular weight is 358 g/mol. The second kappa shape index (κ2) is 8.63. The van der Waals surface area contributed by atoms with Crippen molar-refractivity contribution >= 4 is 18.0 Å². The zero-order chi connectivity index (χ0) is 19.1. The van der Waals surface area contributed by atoms with Gasteiger partial charge < -0.3 is 9.47 Å². The summed E-state index contributed by atoms with van der Waals surface area (Å²) in [5.74, 6) is -0.573. The molecular weight excluding hydrogens is 340 g/mol. The van der Waals surface area contributed by atoms with Crippen LogP contribution in [-0.4, -0.2) is 19.0 Å². The van der Waals surface area contributed by atoms with Gasteiger partial charge in [0.1, 0.15) is 5.75 Å². The van der Waals surface area contributed by atoms with Crippen LogP contribution < -0.4 is 4.74 Å². The van der Waals surface area contributed by atoms with Crippen molar-refractivity contribution in [1.29, 1.82) is 0 Å². The summed E-state index contributed by atoms with van der Waals surface area (Å²) in [6.07, 6.45) is 3.06. The van der Waals surface area contributed by atoms with E-state index in [2.05, 4.69) is 4.74 Å². The van der Waals surface area contributed by atoms with Gasteiger partial charge >= 0.3 is 11.9 Å². The minimum Gasteiger partial charge on any atom is -0.465 e. The Labute approximate surface area is 157 Å². The van der Waals surface area contributed by atoms with E-state index in [1.54, 1.807) is 30.3 Å². The number of hydrogen-bond acceptors (Lipinski definition) is 4. The molecule has 3 aromatic rings. The summed E-state index contributed by atoms with van der Waals surface area (Å²) < 4.78 is 9.84. The molecule has 0 aromatic heterocycles. The molecule has 0 radical (unpaired) electrons. The van der Waals surface area contributed by atoms with Gasteiger partial charge in [-0.1, -0.05) is 54.6 Å². The first kappa shape index (κ1) is 18.1. The number of rotatable bonds is 5. The Hall–Kier alpha value is -3.66. The molecule has 3 aromatic carbocycles. The SMILES string of the molecule is COC(=O)c1ccc(OC(=O)/C=C/c2ccc(-c3ccccc3)cc2)cc1. The van der Waals surface area contributed by atoms with Crippen molar-refractivity contribution in [3.63, 3.8) is 0 Å². The predicted molar refractivity (Wildman–Crippen MR) is 104 cm³/mol. The molecule has 0 unspecified atom stereocenters. The molecule has 0 fully saturated rings. The van der Waals surface area contributed by atoms with E-state index in [1.807, 2.05) is 54.6 Å². The quantitative estimate of drug-likeness (QED) is 0.375. The molecule has 3 rings (SSSR count). The molecular formula is C23H18O4. The zero-order valence-corrected chi connectivity index (χ0v) is 14.8. The van der Waals surface area contributed by atoms with E-state index in [4.69, 9.17) is 4.74 Å². The number of methoxy groups -OCH3 is 1. The molecule has 0 N–H and O–H groups in total. The molecule has 0 aliphatic heterocycles. The van der Waals surface area contributed by atoms with Crippen molar-refractivity contribution in [2.24, 2.45) is 0 Å². The van der Waals surface area contributed by atoms with Crippen LogP contribution in [0, 0.1) is 0 Å². The molecule has 0 saturated heterocycles. The van der Waals surface area contributed by atoms with Gasteiger partial charge in [-0.05, 0) is 47.0 Å². The molecule has 134 valence electrons. The van der Waals surface area contributed by atoms with E-state index in [1.165, 1.54) is 13.2 Å². The molecule has 27 heavy (non-hydrogen) atoms. The van der Waals surface area contributed by atoms with Gasteiger partial charge in [-0.2, -0.15) is 0 Å². The lowest BCUT2D eigenvalue weighted by Crippen LogP contribution is -2.05. The summed E-state index contributed by atoms with van der Waals surface area (Å²) in [5.41, 5.74) is 3.54. The number of carbonyl (C=O) groups is 2. The molecule has 4 nitrogen and oxygen atoms in total. The average Bonchev–Trinajstić information content (AvgIpc) is 2.73. The lowest BCUT2D eigenvalue weighted by Gasteiger charge is -2.03. The van der Waals surface area contributed by atoms with Gasteiger partial charge in [0.15, 0.2) is 0 Å². The maximum absolute atomic E-state index is 11.9. The first-order valence-corrected chi connectivity index (χ1v) is 8.39. The number of hydrogen-bond donors (Lipinski definition) is 0. The topological polar surface area (TPSA) is 52.6 Å². The monoisotopic (exact) mass is 358 g/mol. The standard InChI is InChI=1S/C23H18O4/c1-26-23(25)20-12-14-21(15-13-20)27-22(24)16-9-17-7-10-19(11-8-17)18-5-3-2-4-6-18/h2-16H,1H3/b16-9+. The van der Waals surface area contributed by atoms with Gasteiger partial charge in [-0.3, -0.25) is 0 Å². The molecule has 0 aliphatic carbocycles. The van der Waals surface area contributed by atoms with Crippen molar-refractivity contribution < 1.29 is 19.1 Å². The predicted octanol–water partition coefficient (Wildman–Crippen LogP) is 4.76. The van der Waals surface area contributed by atoms with Crippen LogP contribution in [0.15, 0.2) is 84.9 Å². The van der Waals surface area contributed by atoms with E-state index in [-0.39, 0.29) is 0 Å². The Kier molecular flexibility index (Phi) is 5.80. The summed E-state index contributed by atoms with van der Waals surface area (Å²) in [6, 6.07) is 24.1. The maximum Gasteiger partial charge on any atom is 0.337 e. The normalized spacial score (nSPS) is 10.6. The van der Waals surface area contributed by atoms with E-state index in [9.17, 15) is 9.59 Å². The second-order valence-corrected chi connectivity index (χ2v) is 5.76. The Morgan fingerprint density at radius 1 is 0.778 bits per heavy atom. The van der Waals surface area contributed by atoms with Crippen molar-refractivity contribution in [1.82, 2.24) is 0 Å². The van der Waals surface area contributed by atoms with E-state index in [0.29, 0.717) is 11.3 Å². The zero-order valence-electron chi connectivity index (χ0n) is 14.8. The van der Waals surface area contributed by atoms with Gasteiger partial charge in [0.05, 0.1) is 12.7 Å². The van der Waals surface area contributed by atoms with Gasteiger partial charge in [0.2, 0.25) is 0 Å². The summed E-state index contributed by atoms with van der Waals surface area (Å²) in [4.78, 5) is 23.3. The highest BCUT2D eigenvalue weighted by molar-refractivity contribution is 5.90. The summed E-state index contributed by atoms with van der Waals surface area (Å²) in [7, 11) is 1.31. The largest absolute Gasteiger partial charge is 0.465 e. The first-order chi connectivity index (χ1) is 13.2. The van der Waals surface area contributed by atoms with Gasteiger partial charge in [0.25, 0.3) is 0 Å². The smallest absolute Gasteiger partial charge is 0.337 e. The maximum atomic E-state index is 11.9. The molecule has 0 bridgehead atoms. The number of benzene rings is 3. The highest BCUT2D eigenvalue weighted by Crippen LogP contribution is 2.20. The van der Waals surface area contributed by atoms with Crippen LogP contribution in [0.4, 0.5) is 0 Å². The van der Waals surface area contributed by atoms with Gasteiger partial charge in [-0.25, -0.2) is 9.59 Å². The second-order valence-electron chi connectivity index (χ2n) is 5.76. The van der Waals surface area contributed by atoms with Crippen LogP contribution in [0.2, 0.25) is 0 Å². The Bertz CT molecular complexity index is 940. The Morgan fingerprint density at radius 3 is 2.04 bits per heavy atom. The fourth-order valence-corrected chi connectivity index (χ4v) is 2.51. The molecule has 0 spiro atoms. The molecule has 0 aliphatic rings. The summed E-state index contributed by atoms with van der Waals surface area (Å²) in [5, 5.41) is 0. The molecule has 0 saturated carbocycles. The fraction of sp³-hybridized carbons (Fsp3) is 0.0435. The summed E-state index contributed by atoms with van der Waals surface area (Å²) >= 11 is 0. The van der Waals surface area contributed by atoms with Crippen molar-refractivity contribution in [2.45, 2.75) is 0 Å². The summed E-state index contributed by atoms with van der Waals surface area (Å²) in [6.45, 7) is 0. The first-order valence-electron chi connectivity index (χ1n) is 8.39. The molecule has 0 atom stereocenters. The number of ether oxygens (including phenoxy) is 2. The van der Waals surface area contributed by atoms with Crippen LogP contribution in [0.3, 0.4) is 0 Å². The van der Waals surface area contributed by atoms with E-state index in [0.717, 1.165) is 16.7 Å². The van der Waals surface area contributed by atoms with Crippen LogP contribution in [0.25, 0.3) is 17.2 Å². The minimum absolute atomic E-state index is 0.358. The van der Waals surface area contributed by atoms with Crippen LogP contribution in [0.5, 0.6) is 5.75 Å². The molecule has 0 heterocycles. The minimum atomic E-state index is -0.493. The lowest BCUT2D eigenvalue weighted by atomic mass is 10.0. The van der Waals surface area contributed by atoms with Crippen molar-refractivity contribution in [2.75, 3.05) is 7.11 Å². The Balaban J connectivity index is 1.60. The number of carbonyl (C=O) groups excluding carboxylic acids is 2. The van der Waals surface area contributed by atoms with Crippen LogP contribution >= 0.6 is 0 Å². The van der Waals surface area contributed by atoms with Gasteiger partial charge in [0, 0.05) is 6.08 Å². The van der Waals surface area contributed by atoms with E-state index >= 15 is 0 Å². The molecule has 4 heteroatoms. The van der Waals surface area contributed by atoms with Crippen molar-refractivity contribution in [3.05, 3.63) is 96.1 Å². The van der Waals surface area contributed by atoms with Crippen LogP contribution in [-0.2, 0) is 9.53 Å². The van der Waals surface area contributed by atoms with E-state index < -0.39 is 11.9 Å². The third-order valence-corrected chi connectivity index (χ3v) is 3.92. The third-order valence-electron chi connectivity index (χ3n) is 3.92. The highest BCUT2D eigenvalue weighted by atomic mass is 16.5. The van der Waals surface area contributed by atoms with Crippen molar-refractivity contribution in [3.8, 4) is 16.9 Å². The fourth-order valence-electron chi connectivity index (χ4n) is 2.51. The van der Waals surface area contributed by atoms with Crippen LogP contribution in [0.1, 0.15) is 15.9 Å². The molecule has 0 amide bonds. The Morgan fingerprint density at radius 2 is 1.41 bits per heavy atom. The van der Waals surface area contributed by atoms with Gasteiger partial charge in [-0.15, -0.1) is 0 Å².